The highest BCUT2D eigenvalue weighted by atomic mass is 32.1. The summed E-state index contributed by atoms with van der Waals surface area (Å²) in [4.78, 5) is 44.5. The summed E-state index contributed by atoms with van der Waals surface area (Å²) in [6.07, 6.45) is 1.52. The first-order valence-electron chi connectivity index (χ1n) is 9.72. The Labute approximate surface area is 175 Å². The first kappa shape index (κ1) is 19.0. The van der Waals surface area contributed by atoms with E-state index < -0.39 is 29.1 Å². The number of fused-ring (bicyclic) bond motifs is 3. The van der Waals surface area contributed by atoms with Crippen molar-refractivity contribution in [2.24, 2.45) is 0 Å². The van der Waals surface area contributed by atoms with E-state index in [1.54, 1.807) is 4.90 Å². The molecule has 1 aromatic carbocycles. The fraction of sp³-hybridized carbons (Fsp3) is 0.333. The quantitative estimate of drug-likeness (QED) is 0.646. The molecule has 2 aromatic heterocycles. The summed E-state index contributed by atoms with van der Waals surface area (Å²) in [6.45, 7) is 2.69. The third kappa shape index (κ3) is 2.93. The van der Waals surface area contributed by atoms with Gasteiger partial charge in [-0.1, -0.05) is 12.1 Å². The van der Waals surface area contributed by atoms with Gasteiger partial charge in [0, 0.05) is 12.2 Å². The van der Waals surface area contributed by atoms with Crippen molar-refractivity contribution in [3.63, 3.8) is 0 Å². The number of carbonyl (C=O) groups excluding carboxylic acids is 2. The Morgan fingerprint density at radius 3 is 2.93 bits per heavy atom. The molecular formula is C21H19N3O5S. The lowest BCUT2D eigenvalue weighted by molar-refractivity contribution is -0.112. The van der Waals surface area contributed by atoms with Crippen LogP contribution >= 0.6 is 11.3 Å². The molecule has 1 saturated heterocycles. The average molecular weight is 425 g/mol. The summed E-state index contributed by atoms with van der Waals surface area (Å²) in [7, 11) is 0. The minimum Gasteiger partial charge on any atom is -0.503 e. The fourth-order valence-electron chi connectivity index (χ4n) is 4.09. The van der Waals surface area contributed by atoms with Gasteiger partial charge >= 0.3 is 0 Å². The molecule has 9 heteroatoms. The molecule has 4 heterocycles. The lowest BCUT2D eigenvalue weighted by Crippen LogP contribution is -2.57. The number of thiazole rings is 1. The normalized spacial score (nSPS) is 20.8. The predicted octanol–water partition coefficient (Wildman–Crippen LogP) is 2.18. The molecule has 5 rings (SSSR count). The van der Waals surface area contributed by atoms with Gasteiger partial charge in [0.15, 0.2) is 23.5 Å². The molecule has 0 spiro atoms. The number of ketones is 1. The Hall–Kier alpha value is -3.04. The number of pyridine rings is 1. The highest BCUT2D eigenvalue weighted by Crippen LogP contribution is 2.29. The Morgan fingerprint density at radius 1 is 1.33 bits per heavy atom. The van der Waals surface area contributed by atoms with E-state index in [1.165, 1.54) is 22.1 Å². The number of carbonyl (C=O) groups is 2. The molecule has 2 aliphatic rings. The van der Waals surface area contributed by atoms with E-state index >= 15 is 0 Å². The third-order valence-corrected chi connectivity index (χ3v) is 6.66. The van der Waals surface area contributed by atoms with Crippen LogP contribution in [0.15, 0.2) is 35.3 Å². The van der Waals surface area contributed by atoms with E-state index in [1.807, 2.05) is 31.2 Å². The molecule has 1 fully saturated rings. The van der Waals surface area contributed by atoms with Gasteiger partial charge in [0.1, 0.15) is 5.01 Å². The second kappa shape index (κ2) is 7.03. The van der Waals surface area contributed by atoms with Crippen LogP contribution in [0, 0.1) is 0 Å². The van der Waals surface area contributed by atoms with Crippen LogP contribution in [0.4, 0.5) is 0 Å². The largest absolute Gasteiger partial charge is 0.503 e. The number of hydrogen-bond acceptors (Lipinski definition) is 7. The topological polar surface area (TPSA) is 102 Å². The van der Waals surface area contributed by atoms with Crippen molar-refractivity contribution in [2.45, 2.75) is 38.6 Å². The molecular weight excluding hydrogens is 406 g/mol. The summed E-state index contributed by atoms with van der Waals surface area (Å²) < 4.78 is 8.13. The zero-order chi connectivity index (χ0) is 21.0. The lowest BCUT2D eigenvalue weighted by atomic mass is 10.0. The molecule has 3 aromatic rings. The van der Waals surface area contributed by atoms with Gasteiger partial charge in [-0.15, -0.1) is 11.3 Å². The van der Waals surface area contributed by atoms with Gasteiger partial charge in [0.25, 0.3) is 5.91 Å². The minimum atomic E-state index is -0.829. The zero-order valence-corrected chi connectivity index (χ0v) is 17.0. The minimum absolute atomic E-state index is 0.0512. The Morgan fingerprint density at radius 2 is 2.13 bits per heavy atom. The summed E-state index contributed by atoms with van der Waals surface area (Å²) in [5.41, 5.74) is -0.278. The molecule has 0 saturated carbocycles. The molecule has 8 nitrogen and oxygen atoms in total. The molecule has 0 bridgehead atoms. The molecule has 0 aliphatic carbocycles. The number of nitrogens with zero attached hydrogens (tertiary/aromatic N) is 3. The van der Waals surface area contributed by atoms with Gasteiger partial charge in [0.05, 0.1) is 35.4 Å². The van der Waals surface area contributed by atoms with Crippen LogP contribution in [-0.2, 0) is 17.7 Å². The Kier molecular flexibility index (Phi) is 4.44. The summed E-state index contributed by atoms with van der Waals surface area (Å²) in [5, 5.41) is 11.1. The second-order valence-corrected chi connectivity index (χ2v) is 8.69. The third-order valence-electron chi connectivity index (χ3n) is 5.63. The van der Waals surface area contributed by atoms with E-state index in [0.717, 1.165) is 10.2 Å². The van der Waals surface area contributed by atoms with E-state index in [4.69, 9.17) is 4.74 Å². The van der Waals surface area contributed by atoms with E-state index in [-0.39, 0.29) is 30.3 Å². The molecule has 30 heavy (non-hydrogen) atoms. The van der Waals surface area contributed by atoms with Crippen molar-refractivity contribution in [3.05, 3.63) is 57.0 Å². The van der Waals surface area contributed by atoms with Crippen molar-refractivity contribution in [3.8, 4) is 5.75 Å². The van der Waals surface area contributed by atoms with Gasteiger partial charge in [0.2, 0.25) is 5.43 Å². The zero-order valence-electron chi connectivity index (χ0n) is 16.2. The van der Waals surface area contributed by atoms with Gasteiger partial charge in [-0.2, -0.15) is 0 Å². The molecule has 1 N–H and O–H groups in total. The maximum absolute atomic E-state index is 12.9. The first-order valence-corrected chi connectivity index (χ1v) is 10.5. The number of Topliss-reactive ketones (excluding diaryl/α,β-unsaturated/α-hetero) is 1. The Balaban J connectivity index is 1.51. The van der Waals surface area contributed by atoms with Gasteiger partial charge in [-0.05, 0) is 25.5 Å². The SMILES string of the molecule is C[C@@H]1CCO[C@H]2Cn3cc(C(=O)Cc4nc5ccccc5s4)c(=O)c(O)c3C(=O)N12. The highest BCUT2D eigenvalue weighted by molar-refractivity contribution is 7.18. The Bertz CT molecular complexity index is 1210. The predicted molar refractivity (Wildman–Crippen MR) is 110 cm³/mol. The number of ether oxygens (including phenoxy) is 1. The average Bonchev–Trinajstić information content (AvgIpc) is 3.12. The monoisotopic (exact) mass is 425 g/mol. The van der Waals surface area contributed by atoms with Crippen LogP contribution in [0.3, 0.4) is 0 Å². The molecule has 154 valence electrons. The summed E-state index contributed by atoms with van der Waals surface area (Å²) >= 11 is 1.39. The number of para-hydroxylation sites is 1. The number of hydrogen-bond donors (Lipinski definition) is 1. The number of aromatic hydroxyl groups is 1. The van der Waals surface area contributed by atoms with Gasteiger partial charge < -0.3 is 19.3 Å². The molecule has 2 aliphatic heterocycles. The maximum atomic E-state index is 12.9. The standard InChI is InChI=1S/C21H19N3O5S/c1-11-6-7-29-17-10-23-9-12(19(26)20(27)18(23)21(28)24(11)17)14(25)8-16-22-13-4-2-3-5-15(13)30-16/h2-5,9,11,17,27H,6-8,10H2,1H3/t11-,17+/m1/s1. The lowest BCUT2D eigenvalue weighted by Gasteiger charge is -2.44. The summed E-state index contributed by atoms with van der Waals surface area (Å²) in [6, 6.07) is 7.50. The van der Waals surface area contributed by atoms with Crippen LogP contribution in [0.2, 0.25) is 0 Å². The van der Waals surface area contributed by atoms with Gasteiger partial charge in [-0.25, -0.2) is 4.98 Å². The molecule has 1 amide bonds. The van der Waals surface area contributed by atoms with Crippen LogP contribution < -0.4 is 5.43 Å². The number of benzene rings is 1. The van der Waals surface area contributed by atoms with E-state index in [9.17, 15) is 19.5 Å². The van der Waals surface area contributed by atoms with Crippen molar-refractivity contribution in [2.75, 3.05) is 6.61 Å². The van der Waals surface area contributed by atoms with Crippen molar-refractivity contribution in [1.82, 2.24) is 14.5 Å². The number of aromatic nitrogens is 2. The highest BCUT2D eigenvalue weighted by Gasteiger charge is 2.41. The molecule has 0 radical (unpaired) electrons. The van der Waals surface area contributed by atoms with E-state index in [2.05, 4.69) is 4.98 Å². The number of amides is 1. The van der Waals surface area contributed by atoms with Crippen LogP contribution in [0.25, 0.3) is 10.2 Å². The molecule has 0 unspecified atom stereocenters. The first-order chi connectivity index (χ1) is 14.4. The fourth-order valence-corrected chi connectivity index (χ4v) is 5.05. The van der Waals surface area contributed by atoms with Crippen molar-refractivity contribution in [1.29, 1.82) is 0 Å². The smallest absolute Gasteiger partial charge is 0.276 e. The van der Waals surface area contributed by atoms with Crippen LogP contribution in [0.1, 0.15) is 39.2 Å². The maximum Gasteiger partial charge on any atom is 0.276 e. The second-order valence-electron chi connectivity index (χ2n) is 7.57. The van der Waals surface area contributed by atoms with Crippen molar-refractivity contribution < 1.29 is 19.4 Å². The van der Waals surface area contributed by atoms with Crippen LogP contribution in [-0.4, -0.2) is 50.1 Å². The van der Waals surface area contributed by atoms with Crippen molar-refractivity contribution >= 4 is 33.2 Å². The van der Waals surface area contributed by atoms with E-state index in [0.29, 0.717) is 18.0 Å². The van der Waals surface area contributed by atoms with Crippen LogP contribution in [0.5, 0.6) is 5.75 Å². The summed E-state index contributed by atoms with van der Waals surface area (Å²) in [5.74, 6) is -1.60. The molecule has 2 atom stereocenters. The number of rotatable bonds is 3. The van der Waals surface area contributed by atoms with Gasteiger partial charge in [-0.3, -0.25) is 14.4 Å².